The van der Waals surface area contributed by atoms with Gasteiger partial charge in [0.1, 0.15) is 0 Å². The van der Waals surface area contributed by atoms with Gasteiger partial charge in [-0.25, -0.2) is 9.97 Å². The Kier molecular flexibility index (Phi) is 2.56. The molecule has 58 valence electrons. The second-order valence-corrected chi connectivity index (χ2v) is 2.18. The highest BCUT2D eigenvalue weighted by Crippen LogP contribution is 1.91. The van der Waals surface area contributed by atoms with Crippen LogP contribution in [0, 0.1) is 0 Å². The summed E-state index contributed by atoms with van der Waals surface area (Å²) in [4.78, 5) is 7.48. The zero-order chi connectivity index (χ0) is 8.27. The SMILES string of the molecule is CCc1cnc(B(O)O)nc1. The number of nitrogens with zero attached hydrogens (tertiary/aromatic N) is 2. The average Bonchev–Trinajstić information content (AvgIpc) is 2.05. The summed E-state index contributed by atoms with van der Waals surface area (Å²) >= 11 is 0. The number of hydrogen-bond acceptors (Lipinski definition) is 4. The maximum absolute atomic E-state index is 8.62. The van der Waals surface area contributed by atoms with Crippen LogP contribution in [0.2, 0.25) is 0 Å². The van der Waals surface area contributed by atoms with E-state index in [4.69, 9.17) is 10.0 Å². The van der Waals surface area contributed by atoms with Crippen molar-refractivity contribution < 1.29 is 10.0 Å². The van der Waals surface area contributed by atoms with E-state index in [2.05, 4.69) is 9.97 Å². The van der Waals surface area contributed by atoms with Gasteiger partial charge in [0.05, 0.1) is 0 Å². The summed E-state index contributed by atoms with van der Waals surface area (Å²) in [6.45, 7) is 1.98. The summed E-state index contributed by atoms with van der Waals surface area (Å²) in [5, 5.41) is 17.2. The predicted octanol–water partition coefficient (Wildman–Crippen LogP) is -1.28. The van der Waals surface area contributed by atoms with E-state index >= 15 is 0 Å². The minimum atomic E-state index is -1.57. The molecule has 5 heteroatoms. The molecule has 0 aliphatic carbocycles. The van der Waals surface area contributed by atoms with E-state index in [1.165, 1.54) is 0 Å². The number of rotatable bonds is 2. The highest BCUT2D eigenvalue weighted by atomic mass is 16.4. The van der Waals surface area contributed by atoms with Gasteiger partial charge in [-0.05, 0) is 12.0 Å². The lowest BCUT2D eigenvalue weighted by molar-refractivity contribution is 0.422. The summed E-state index contributed by atoms with van der Waals surface area (Å²) in [5.41, 5.74) is 1.02. The van der Waals surface area contributed by atoms with Crippen LogP contribution >= 0.6 is 0 Å². The Hall–Kier alpha value is -0.935. The van der Waals surface area contributed by atoms with Crippen molar-refractivity contribution in [2.24, 2.45) is 0 Å². The molecular formula is C6H9BN2O2. The fourth-order valence-electron chi connectivity index (χ4n) is 0.681. The third kappa shape index (κ3) is 1.99. The van der Waals surface area contributed by atoms with E-state index in [-0.39, 0.29) is 5.72 Å². The van der Waals surface area contributed by atoms with Crippen molar-refractivity contribution in [3.63, 3.8) is 0 Å². The van der Waals surface area contributed by atoms with Crippen LogP contribution in [0.5, 0.6) is 0 Å². The van der Waals surface area contributed by atoms with Crippen LogP contribution < -0.4 is 5.72 Å². The molecule has 0 aliphatic rings. The van der Waals surface area contributed by atoms with Crippen LogP contribution in [0.1, 0.15) is 12.5 Å². The highest BCUT2D eigenvalue weighted by Gasteiger charge is 2.13. The van der Waals surface area contributed by atoms with Gasteiger partial charge in [-0.1, -0.05) is 6.92 Å². The first-order valence-electron chi connectivity index (χ1n) is 3.41. The topological polar surface area (TPSA) is 66.2 Å². The molecule has 0 atom stereocenters. The summed E-state index contributed by atoms with van der Waals surface area (Å²) in [5.74, 6) is 0. The van der Waals surface area contributed by atoms with Crippen molar-refractivity contribution >= 4 is 12.8 Å². The molecule has 4 nitrogen and oxygen atoms in total. The van der Waals surface area contributed by atoms with Crippen LogP contribution in [0.3, 0.4) is 0 Å². The van der Waals surface area contributed by atoms with Gasteiger partial charge in [0.15, 0.2) is 5.72 Å². The summed E-state index contributed by atoms with van der Waals surface area (Å²) < 4.78 is 0. The zero-order valence-corrected chi connectivity index (χ0v) is 6.23. The lowest BCUT2D eigenvalue weighted by Crippen LogP contribution is -2.35. The first kappa shape index (κ1) is 8.16. The summed E-state index contributed by atoms with van der Waals surface area (Å²) in [7, 11) is -1.57. The van der Waals surface area contributed by atoms with Gasteiger partial charge in [0, 0.05) is 12.4 Å². The molecule has 0 radical (unpaired) electrons. The maximum atomic E-state index is 8.62. The Balaban J connectivity index is 2.83. The summed E-state index contributed by atoms with van der Waals surface area (Å²) in [6, 6.07) is 0. The van der Waals surface area contributed by atoms with Crippen molar-refractivity contribution in [1.29, 1.82) is 0 Å². The Bertz CT molecular complexity index is 225. The molecule has 0 spiro atoms. The Morgan fingerprint density at radius 1 is 1.36 bits per heavy atom. The molecule has 1 aromatic rings. The lowest BCUT2D eigenvalue weighted by Gasteiger charge is -1.97. The third-order valence-corrected chi connectivity index (χ3v) is 1.36. The Labute approximate surface area is 65.1 Å². The van der Waals surface area contributed by atoms with Crippen LogP contribution in [-0.2, 0) is 6.42 Å². The molecule has 0 aromatic carbocycles. The molecule has 0 fully saturated rings. The number of aromatic nitrogens is 2. The fraction of sp³-hybridized carbons (Fsp3) is 0.333. The monoisotopic (exact) mass is 152 g/mol. The van der Waals surface area contributed by atoms with Gasteiger partial charge in [-0.15, -0.1) is 0 Å². The molecule has 0 saturated heterocycles. The first-order chi connectivity index (χ1) is 5.24. The van der Waals surface area contributed by atoms with Gasteiger partial charge < -0.3 is 10.0 Å². The van der Waals surface area contributed by atoms with Crippen LogP contribution in [0.25, 0.3) is 0 Å². The minimum absolute atomic E-state index is 0.0437. The molecule has 0 saturated carbocycles. The Morgan fingerprint density at radius 3 is 2.27 bits per heavy atom. The smallest absolute Gasteiger partial charge is 0.421 e. The number of aryl methyl sites for hydroxylation is 1. The van der Waals surface area contributed by atoms with E-state index in [9.17, 15) is 0 Å². The molecule has 0 aliphatic heterocycles. The maximum Gasteiger partial charge on any atom is 0.528 e. The second-order valence-electron chi connectivity index (χ2n) is 2.18. The molecular weight excluding hydrogens is 143 g/mol. The van der Waals surface area contributed by atoms with E-state index < -0.39 is 7.12 Å². The van der Waals surface area contributed by atoms with Crippen molar-refractivity contribution in [2.45, 2.75) is 13.3 Å². The van der Waals surface area contributed by atoms with Gasteiger partial charge in [0.25, 0.3) is 0 Å². The lowest BCUT2D eigenvalue weighted by atomic mass is 9.91. The van der Waals surface area contributed by atoms with E-state index in [0.717, 1.165) is 12.0 Å². The van der Waals surface area contributed by atoms with Crippen LogP contribution in [0.15, 0.2) is 12.4 Å². The largest absolute Gasteiger partial charge is 0.528 e. The predicted molar refractivity (Wildman–Crippen MR) is 41.2 cm³/mol. The van der Waals surface area contributed by atoms with Gasteiger partial charge in [-0.2, -0.15) is 0 Å². The molecule has 11 heavy (non-hydrogen) atoms. The fourth-order valence-corrected chi connectivity index (χ4v) is 0.681. The van der Waals surface area contributed by atoms with Gasteiger partial charge in [-0.3, -0.25) is 0 Å². The normalized spacial score (nSPS) is 9.73. The standard InChI is InChI=1S/C6H9BN2O2/c1-2-5-3-8-6(7(10)11)9-4-5/h3-4,10-11H,2H2,1H3. The van der Waals surface area contributed by atoms with Crippen LogP contribution in [0.4, 0.5) is 0 Å². The number of hydrogen-bond donors (Lipinski definition) is 2. The minimum Gasteiger partial charge on any atom is -0.421 e. The van der Waals surface area contributed by atoms with E-state index in [1.54, 1.807) is 12.4 Å². The molecule has 1 aromatic heterocycles. The third-order valence-electron chi connectivity index (χ3n) is 1.36. The van der Waals surface area contributed by atoms with Crippen LogP contribution in [-0.4, -0.2) is 27.1 Å². The molecule has 0 unspecified atom stereocenters. The quantitative estimate of drug-likeness (QED) is 0.518. The van der Waals surface area contributed by atoms with Crippen molar-refractivity contribution in [3.05, 3.63) is 18.0 Å². The zero-order valence-electron chi connectivity index (χ0n) is 6.23. The Morgan fingerprint density at radius 2 is 1.91 bits per heavy atom. The highest BCUT2D eigenvalue weighted by molar-refractivity contribution is 6.56. The van der Waals surface area contributed by atoms with E-state index in [1.807, 2.05) is 6.92 Å². The summed E-state index contributed by atoms with van der Waals surface area (Å²) in [6.07, 6.45) is 4.02. The van der Waals surface area contributed by atoms with Crippen molar-refractivity contribution in [2.75, 3.05) is 0 Å². The molecule has 2 N–H and O–H groups in total. The van der Waals surface area contributed by atoms with Gasteiger partial charge in [0.2, 0.25) is 0 Å². The molecule has 1 rings (SSSR count). The van der Waals surface area contributed by atoms with Gasteiger partial charge >= 0.3 is 7.12 Å². The second kappa shape index (κ2) is 3.45. The van der Waals surface area contributed by atoms with Crippen molar-refractivity contribution in [1.82, 2.24) is 9.97 Å². The van der Waals surface area contributed by atoms with Crippen molar-refractivity contribution in [3.8, 4) is 0 Å². The first-order valence-corrected chi connectivity index (χ1v) is 3.41. The molecule has 0 bridgehead atoms. The van der Waals surface area contributed by atoms with E-state index in [0.29, 0.717) is 0 Å². The average molecular weight is 152 g/mol. The molecule has 0 amide bonds. The molecule has 1 heterocycles.